The number of fused-ring (bicyclic) bond motifs is 1. The van der Waals surface area contributed by atoms with Crippen molar-refractivity contribution < 1.29 is 4.74 Å². The lowest BCUT2D eigenvalue weighted by Gasteiger charge is -2.20. The maximum atomic E-state index is 6.34. The number of aromatic nitrogens is 4. The van der Waals surface area contributed by atoms with Crippen LogP contribution in [0.2, 0.25) is 0 Å². The molecule has 19 heavy (non-hydrogen) atoms. The Hall–Kier alpha value is -1.05. The number of rotatable bonds is 4. The molecule has 0 saturated carbocycles. The Morgan fingerprint density at radius 1 is 1.53 bits per heavy atom. The minimum Gasteiger partial charge on any atom is -0.381 e. The first-order chi connectivity index (χ1) is 9.12. The van der Waals surface area contributed by atoms with Crippen molar-refractivity contribution in [1.82, 2.24) is 19.8 Å². The molecule has 1 aliphatic heterocycles. The number of hydrogen-bond donors (Lipinski definition) is 1. The van der Waals surface area contributed by atoms with E-state index in [-0.39, 0.29) is 5.54 Å². The predicted octanol–water partition coefficient (Wildman–Crippen LogP) is 1.66. The van der Waals surface area contributed by atoms with Gasteiger partial charge in [0.15, 0.2) is 5.82 Å². The summed E-state index contributed by atoms with van der Waals surface area (Å²) in [6, 6.07) is 0. The summed E-state index contributed by atoms with van der Waals surface area (Å²) in [7, 11) is 0. The first-order valence-corrected chi connectivity index (χ1v) is 7.52. The molecule has 0 radical (unpaired) electrons. The largest absolute Gasteiger partial charge is 0.381 e. The highest BCUT2D eigenvalue weighted by atomic mass is 32.1. The fraction of sp³-hybridized carbons (Fsp3) is 0.750. The fourth-order valence-electron chi connectivity index (χ4n) is 2.48. The lowest BCUT2D eigenvalue weighted by Crippen LogP contribution is -2.32. The van der Waals surface area contributed by atoms with E-state index >= 15 is 0 Å². The highest BCUT2D eigenvalue weighted by Gasteiger charge is 2.29. The standard InChI is InChI=1S/C12H19N5OS/c1-3-5-12(2,13)10-16-17-9(8-4-6-18-7-8)14-15-11(17)19-10/h8H,3-7,13H2,1-2H3. The van der Waals surface area contributed by atoms with E-state index in [1.165, 1.54) is 11.3 Å². The quantitative estimate of drug-likeness (QED) is 0.922. The zero-order chi connectivity index (χ0) is 13.5. The first kappa shape index (κ1) is 13.0. The minimum atomic E-state index is -0.385. The number of nitrogens with zero attached hydrogens (tertiary/aromatic N) is 4. The normalized spacial score (nSPS) is 23.0. The van der Waals surface area contributed by atoms with Crippen LogP contribution in [0, 0.1) is 0 Å². The van der Waals surface area contributed by atoms with Crippen molar-refractivity contribution in [2.45, 2.75) is 44.6 Å². The van der Waals surface area contributed by atoms with Crippen LogP contribution in [0.15, 0.2) is 0 Å². The Morgan fingerprint density at radius 2 is 2.37 bits per heavy atom. The third kappa shape index (κ3) is 2.26. The van der Waals surface area contributed by atoms with Crippen LogP contribution < -0.4 is 5.73 Å². The van der Waals surface area contributed by atoms with Crippen LogP contribution in [-0.2, 0) is 10.3 Å². The van der Waals surface area contributed by atoms with Crippen molar-refractivity contribution in [3.8, 4) is 0 Å². The molecule has 2 aromatic heterocycles. The fourth-order valence-corrected chi connectivity index (χ4v) is 3.41. The van der Waals surface area contributed by atoms with Crippen LogP contribution in [0.1, 0.15) is 49.9 Å². The van der Waals surface area contributed by atoms with E-state index in [9.17, 15) is 0 Å². The van der Waals surface area contributed by atoms with Crippen LogP contribution in [0.25, 0.3) is 4.96 Å². The zero-order valence-corrected chi connectivity index (χ0v) is 12.1. The van der Waals surface area contributed by atoms with Crippen molar-refractivity contribution >= 4 is 16.3 Å². The molecule has 1 fully saturated rings. The molecule has 0 bridgehead atoms. The molecule has 1 saturated heterocycles. The molecule has 2 aromatic rings. The summed E-state index contributed by atoms with van der Waals surface area (Å²) in [4.78, 5) is 0.824. The van der Waals surface area contributed by atoms with Gasteiger partial charge in [-0.25, -0.2) is 0 Å². The van der Waals surface area contributed by atoms with Gasteiger partial charge < -0.3 is 10.5 Å². The van der Waals surface area contributed by atoms with Gasteiger partial charge in [0.05, 0.1) is 12.1 Å². The van der Waals surface area contributed by atoms with Crippen LogP contribution in [0.5, 0.6) is 0 Å². The molecule has 0 aliphatic carbocycles. The van der Waals surface area contributed by atoms with Crippen LogP contribution in [-0.4, -0.2) is 33.0 Å². The molecule has 1 aliphatic rings. The Morgan fingerprint density at radius 3 is 3.05 bits per heavy atom. The smallest absolute Gasteiger partial charge is 0.234 e. The topological polar surface area (TPSA) is 78.3 Å². The average Bonchev–Trinajstić information content (AvgIpc) is 3.04. The van der Waals surface area contributed by atoms with Crippen molar-refractivity contribution in [2.75, 3.05) is 13.2 Å². The monoisotopic (exact) mass is 281 g/mol. The van der Waals surface area contributed by atoms with Gasteiger partial charge in [-0.3, -0.25) is 0 Å². The molecule has 0 amide bonds. The molecule has 3 heterocycles. The first-order valence-electron chi connectivity index (χ1n) is 6.71. The second-order valence-electron chi connectivity index (χ2n) is 5.39. The summed E-state index contributed by atoms with van der Waals surface area (Å²) in [6.07, 6.45) is 2.94. The molecule has 2 unspecified atom stereocenters. The van der Waals surface area contributed by atoms with Crippen molar-refractivity contribution in [2.24, 2.45) is 5.73 Å². The van der Waals surface area contributed by atoms with E-state index in [2.05, 4.69) is 22.2 Å². The Balaban J connectivity index is 1.97. The highest BCUT2D eigenvalue weighted by Crippen LogP contribution is 2.30. The van der Waals surface area contributed by atoms with Crippen molar-refractivity contribution in [3.05, 3.63) is 10.8 Å². The minimum absolute atomic E-state index is 0.306. The van der Waals surface area contributed by atoms with Gasteiger partial charge in [0.2, 0.25) is 4.96 Å². The van der Waals surface area contributed by atoms with Gasteiger partial charge in [-0.15, -0.1) is 10.2 Å². The van der Waals surface area contributed by atoms with E-state index in [0.29, 0.717) is 12.5 Å². The molecule has 3 rings (SSSR count). The van der Waals surface area contributed by atoms with Gasteiger partial charge in [0.1, 0.15) is 5.01 Å². The SMILES string of the molecule is CCCC(C)(N)c1nn2c(C3CCOC3)nnc2s1. The van der Waals surface area contributed by atoms with Crippen LogP contribution in [0.4, 0.5) is 0 Å². The van der Waals surface area contributed by atoms with Gasteiger partial charge in [-0.2, -0.15) is 9.61 Å². The second kappa shape index (κ2) is 4.81. The molecule has 6 nitrogen and oxygen atoms in total. The Bertz CT molecular complexity index is 570. The Labute approximate surface area is 116 Å². The molecule has 0 aromatic carbocycles. The average molecular weight is 281 g/mol. The highest BCUT2D eigenvalue weighted by molar-refractivity contribution is 7.16. The summed E-state index contributed by atoms with van der Waals surface area (Å²) in [5.41, 5.74) is 5.95. The van der Waals surface area contributed by atoms with Crippen molar-refractivity contribution in [1.29, 1.82) is 0 Å². The van der Waals surface area contributed by atoms with Crippen LogP contribution in [0.3, 0.4) is 0 Å². The maximum Gasteiger partial charge on any atom is 0.234 e. The summed E-state index contributed by atoms with van der Waals surface area (Å²) >= 11 is 1.54. The summed E-state index contributed by atoms with van der Waals surface area (Å²) < 4.78 is 7.26. The second-order valence-corrected chi connectivity index (χ2v) is 6.34. The van der Waals surface area contributed by atoms with Gasteiger partial charge in [0, 0.05) is 12.5 Å². The van der Waals surface area contributed by atoms with Gasteiger partial charge in [-0.05, 0) is 19.8 Å². The Kier molecular flexibility index (Phi) is 3.28. The summed E-state index contributed by atoms with van der Waals surface area (Å²) in [5.74, 6) is 1.21. The molecule has 0 spiro atoms. The van der Waals surface area contributed by atoms with E-state index < -0.39 is 0 Å². The van der Waals surface area contributed by atoms with Gasteiger partial charge in [0.25, 0.3) is 0 Å². The third-order valence-electron chi connectivity index (χ3n) is 3.57. The predicted molar refractivity (Wildman–Crippen MR) is 73.3 cm³/mol. The lowest BCUT2D eigenvalue weighted by atomic mass is 9.99. The summed E-state index contributed by atoms with van der Waals surface area (Å²) in [5, 5.41) is 14.0. The van der Waals surface area contributed by atoms with E-state index in [1.54, 1.807) is 0 Å². The van der Waals surface area contributed by atoms with Gasteiger partial charge >= 0.3 is 0 Å². The van der Waals surface area contributed by atoms with E-state index in [0.717, 1.165) is 41.7 Å². The molecule has 104 valence electrons. The van der Waals surface area contributed by atoms with E-state index in [1.807, 2.05) is 11.4 Å². The number of hydrogen-bond acceptors (Lipinski definition) is 6. The number of nitrogens with two attached hydrogens (primary N) is 1. The van der Waals surface area contributed by atoms with Crippen LogP contribution >= 0.6 is 11.3 Å². The molecule has 2 N–H and O–H groups in total. The maximum absolute atomic E-state index is 6.34. The third-order valence-corrected chi connectivity index (χ3v) is 4.75. The molecule has 7 heteroatoms. The molecular weight excluding hydrogens is 262 g/mol. The van der Waals surface area contributed by atoms with E-state index in [4.69, 9.17) is 10.5 Å². The van der Waals surface area contributed by atoms with Crippen molar-refractivity contribution in [3.63, 3.8) is 0 Å². The zero-order valence-electron chi connectivity index (χ0n) is 11.3. The van der Waals surface area contributed by atoms with Gasteiger partial charge in [-0.1, -0.05) is 24.7 Å². The summed E-state index contributed by atoms with van der Waals surface area (Å²) in [6.45, 7) is 5.66. The lowest BCUT2D eigenvalue weighted by molar-refractivity contribution is 0.193. The molecule has 2 atom stereocenters. The number of ether oxygens (including phenoxy) is 1. The molecular formula is C12H19N5OS.